The average molecular weight is 788 g/mol. The number of ether oxygens (including phenoxy) is 3. The van der Waals surface area contributed by atoms with E-state index in [9.17, 15) is 19.7 Å². The van der Waals surface area contributed by atoms with Crippen LogP contribution in [0.4, 0.5) is 5.82 Å². The van der Waals surface area contributed by atoms with Gasteiger partial charge in [0.25, 0.3) is 0 Å². The second-order valence-electron chi connectivity index (χ2n) is 14.9. The molecular weight excluding hydrogens is 729 g/mol. The number of fused-ring (bicyclic) bond motifs is 2. The molecule has 5 rings (SSSR count). The molecule has 16 nitrogen and oxygen atoms in total. The van der Waals surface area contributed by atoms with Gasteiger partial charge in [-0.25, -0.2) is 24.0 Å². The van der Waals surface area contributed by atoms with Crippen LogP contribution in [-0.2, 0) is 28.7 Å². The molecule has 2 aliphatic rings. The van der Waals surface area contributed by atoms with E-state index in [-0.39, 0.29) is 24.0 Å². The minimum absolute atomic E-state index is 0.0221. The highest BCUT2D eigenvalue weighted by Crippen LogP contribution is 2.63. The molecule has 0 aromatic carbocycles. The van der Waals surface area contributed by atoms with Gasteiger partial charge in [0, 0.05) is 6.61 Å². The van der Waals surface area contributed by atoms with Crippen molar-refractivity contribution in [3.8, 4) is 11.8 Å². The lowest BCUT2D eigenvalue weighted by Gasteiger charge is -2.32. The standard InChI is InChI=1S/C38H58N7O9P/c1-3-4-5-6-7-8-9-10-11-12-13-14-15-16-17-18-21-50-25-29(52-28-23-41-32(22-39)42-24-28)26-51-55(48,49)54-34-33-38(34,47)36(46)37(2,53-33)31-20-19-30-35(40)43-27-44-45(30)31/h19-20,23-24,27,29,33-34,36,46-47H,3-18,21,25-26H2,1-2H3,(H,48,49)(H2,40,43,44)/t29-,33-,34?,36+,37+,38+/m1/s1. The van der Waals surface area contributed by atoms with E-state index < -0.39 is 50.0 Å². The molecular formula is C38H58N7O9P. The molecule has 1 saturated heterocycles. The normalized spacial score (nSPS) is 24.7. The number of unbranched alkanes of at least 4 members (excludes halogenated alkanes) is 15. The molecule has 7 atom stereocenters. The van der Waals surface area contributed by atoms with Crippen molar-refractivity contribution in [3.05, 3.63) is 42.4 Å². The summed E-state index contributed by atoms with van der Waals surface area (Å²) in [5.74, 6) is 0.392. The summed E-state index contributed by atoms with van der Waals surface area (Å²) in [6, 6.07) is 5.15. The van der Waals surface area contributed by atoms with Crippen LogP contribution in [0.2, 0.25) is 0 Å². The quantitative estimate of drug-likeness (QED) is 0.0519. The first-order valence-corrected chi connectivity index (χ1v) is 21.3. The number of nitrogens with two attached hydrogens (primary N) is 1. The molecule has 0 bridgehead atoms. The van der Waals surface area contributed by atoms with E-state index in [1.54, 1.807) is 19.1 Å². The van der Waals surface area contributed by atoms with Gasteiger partial charge in [-0.15, -0.1) is 0 Å². The number of rotatable bonds is 27. The lowest BCUT2D eigenvalue weighted by molar-refractivity contribution is -0.126. The number of nitrogen functional groups attached to an aromatic ring is 1. The summed E-state index contributed by atoms with van der Waals surface area (Å²) >= 11 is 0. The topological polar surface area (TPSA) is 230 Å². The molecule has 55 heavy (non-hydrogen) atoms. The van der Waals surface area contributed by atoms with Crippen LogP contribution in [0, 0.1) is 11.3 Å². The lowest BCUT2D eigenvalue weighted by atomic mass is 9.91. The third-order valence-corrected chi connectivity index (χ3v) is 11.5. The van der Waals surface area contributed by atoms with Crippen LogP contribution >= 0.6 is 7.82 Å². The zero-order valence-electron chi connectivity index (χ0n) is 32.1. The molecule has 1 saturated carbocycles. The van der Waals surface area contributed by atoms with E-state index in [1.165, 1.54) is 107 Å². The molecule has 1 aliphatic carbocycles. The van der Waals surface area contributed by atoms with E-state index in [0.717, 1.165) is 19.3 Å². The van der Waals surface area contributed by atoms with Crippen molar-refractivity contribution < 1.29 is 42.9 Å². The SMILES string of the molecule is CCCCCCCCCCCCCCCCCCOC[C@H](COP(=O)(O)OC1[C@H]2O[C@@](C)(c3ccc4c(N)ncnn34)[C@H](O)[C@@]12O)Oc1cnc(C#N)nc1. The Morgan fingerprint density at radius 1 is 0.964 bits per heavy atom. The first-order valence-electron chi connectivity index (χ1n) is 19.8. The Morgan fingerprint density at radius 3 is 2.13 bits per heavy atom. The number of anilines is 1. The summed E-state index contributed by atoms with van der Waals surface area (Å²) in [7, 11) is -4.81. The van der Waals surface area contributed by atoms with Gasteiger partial charge in [-0.1, -0.05) is 103 Å². The number of hydrogen-bond acceptors (Lipinski definition) is 14. The fraction of sp³-hybridized carbons (Fsp3) is 0.711. The zero-order chi connectivity index (χ0) is 39.3. The molecule has 4 heterocycles. The van der Waals surface area contributed by atoms with Crippen molar-refractivity contribution in [2.24, 2.45) is 0 Å². The van der Waals surface area contributed by atoms with Gasteiger partial charge in [0.15, 0.2) is 17.2 Å². The number of phosphoric acid groups is 1. The van der Waals surface area contributed by atoms with Crippen LogP contribution in [0.1, 0.15) is 128 Å². The van der Waals surface area contributed by atoms with Gasteiger partial charge >= 0.3 is 7.82 Å². The smallest absolute Gasteiger partial charge is 0.472 e. The Kier molecular flexibility index (Phi) is 15.8. The molecule has 17 heteroatoms. The Morgan fingerprint density at radius 2 is 1.56 bits per heavy atom. The Balaban J connectivity index is 1.01. The Labute approximate surface area is 323 Å². The summed E-state index contributed by atoms with van der Waals surface area (Å²) in [6.07, 6.45) is 19.3. The molecule has 2 unspecified atom stereocenters. The fourth-order valence-electron chi connectivity index (χ4n) is 7.30. The maximum Gasteiger partial charge on any atom is 0.472 e. The second-order valence-corrected chi connectivity index (χ2v) is 16.3. The third-order valence-electron chi connectivity index (χ3n) is 10.5. The minimum atomic E-state index is -4.81. The largest absolute Gasteiger partial charge is 0.482 e. The third kappa shape index (κ3) is 11.2. The van der Waals surface area contributed by atoms with Crippen molar-refractivity contribution in [3.63, 3.8) is 0 Å². The van der Waals surface area contributed by atoms with Gasteiger partial charge in [-0.05, 0) is 25.5 Å². The van der Waals surface area contributed by atoms with Crippen molar-refractivity contribution in [2.75, 3.05) is 25.6 Å². The summed E-state index contributed by atoms with van der Waals surface area (Å²) in [4.78, 5) is 22.4. The van der Waals surface area contributed by atoms with Gasteiger partial charge in [-0.2, -0.15) is 10.4 Å². The van der Waals surface area contributed by atoms with Crippen LogP contribution in [0.15, 0.2) is 30.9 Å². The molecule has 0 radical (unpaired) electrons. The predicted molar refractivity (Wildman–Crippen MR) is 203 cm³/mol. The van der Waals surface area contributed by atoms with E-state index in [4.69, 9.17) is 34.3 Å². The number of aromatic nitrogens is 5. The zero-order valence-corrected chi connectivity index (χ0v) is 33.0. The molecule has 3 aromatic heterocycles. The number of hydrogen-bond donors (Lipinski definition) is 4. The molecule has 1 aliphatic heterocycles. The molecule has 0 amide bonds. The van der Waals surface area contributed by atoms with Gasteiger partial charge < -0.3 is 35.1 Å². The van der Waals surface area contributed by atoms with Crippen LogP contribution in [0.3, 0.4) is 0 Å². The average Bonchev–Trinajstić information content (AvgIpc) is 3.41. The van der Waals surface area contributed by atoms with Gasteiger partial charge in [0.1, 0.15) is 47.9 Å². The highest BCUT2D eigenvalue weighted by Gasteiger charge is 2.82. The molecule has 0 spiro atoms. The van der Waals surface area contributed by atoms with E-state index in [0.29, 0.717) is 17.8 Å². The van der Waals surface area contributed by atoms with Crippen LogP contribution in [0.25, 0.3) is 5.52 Å². The summed E-state index contributed by atoms with van der Waals surface area (Å²) < 4.78 is 43.0. The molecule has 304 valence electrons. The maximum atomic E-state index is 13.1. The summed E-state index contributed by atoms with van der Waals surface area (Å²) in [6.45, 7) is 3.89. The van der Waals surface area contributed by atoms with E-state index in [2.05, 4.69) is 27.0 Å². The molecule has 3 aromatic rings. The highest BCUT2D eigenvalue weighted by atomic mass is 31.2. The number of aliphatic hydroxyl groups is 2. The van der Waals surface area contributed by atoms with Gasteiger partial charge in [0.2, 0.25) is 5.82 Å². The summed E-state index contributed by atoms with van der Waals surface area (Å²) in [5.41, 5.74) is 3.39. The monoisotopic (exact) mass is 787 g/mol. The minimum Gasteiger partial charge on any atom is -0.482 e. The number of phosphoric ester groups is 1. The van der Waals surface area contributed by atoms with Gasteiger partial charge in [-0.3, -0.25) is 9.05 Å². The first-order chi connectivity index (χ1) is 26.5. The number of nitrogens with zero attached hydrogens (tertiary/aromatic N) is 6. The lowest BCUT2D eigenvalue weighted by Crippen LogP contribution is -2.46. The highest BCUT2D eigenvalue weighted by molar-refractivity contribution is 7.47. The fourth-order valence-corrected chi connectivity index (χ4v) is 8.28. The van der Waals surface area contributed by atoms with E-state index in [1.807, 2.05) is 6.07 Å². The van der Waals surface area contributed by atoms with Crippen molar-refractivity contribution >= 4 is 19.2 Å². The van der Waals surface area contributed by atoms with Crippen molar-refractivity contribution in [1.29, 1.82) is 5.26 Å². The van der Waals surface area contributed by atoms with E-state index >= 15 is 0 Å². The number of aliphatic hydroxyl groups excluding tert-OH is 1. The maximum absolute atomic E-state index is 13.1. The number of nitriles is 1. The van der Waals surface area contributed by atoms with Crippen LogP contribution < -0.4 is 10.5 Å². The summed E-state index contributed by atoms with van der Waals surface area (Å²) in [5, 5.41) is 35.8. The second kappa shape index (κ2) is 20.2. The van der Waals surface area contributed by atoms with Gasteiger partial charge in [0.05, 0.1) is 31.3 Å². The van der Waals surface area contributed by atoms with Crippen molar-refractivity contribution in [2.45, 2.75) is 152 Å². The predicted octanol–water partition coefficient (Wildman–Crippen LogP) is 5.92. The Bertz CT molecular complexity index is 1730. The van der Waals surface area contributed by atoms with Crippen LogP contribution in [-0.4, -0.2) is 89.5 Å². The Hall–Kier alpha value is -3.26. The first kappa shape index (κ1) is 42.9. The van der Waals surface area contributed by atoms with Crippen molar-refractivity contribution in [1.82, 2.24) is 24.6 Å². The molecule has 5 N–H and O–H groups in total. The van der Waals surface area contributed by atoms with Crippen LogP contribution in [0.5, 0.6) is 5.75 Å². The molecule has 2 fully saturated rings.